The Kier molecular flexibility index (Phi) is 7.29. The first-order valence-electron chi connectivity index (χ1n) is 11.2. The number of alkyl halides is 1. The molecule has 2 aliphatic heterocycles. The smallest absolute Gasteiger partial charge is 0.344 e. The number of amides is 1. The van der Waals surface area contributed by atoms with Gasteiger partial charge in [-0.05, 0) is 31.4 Å². The minimum atomic E-state index is -3.47. The first-order chi connectivity index (χ1) is 16.1. The number of aromatic nitrogens is 3. The molecule has 0 aromatic carbocycles. The van der Waals surface area contributed by atoms with E-state index in [1.165, 1.54) is 12.3 Å². The van der Waals surface area contributed by atoms with Crippen molar-refractivity contribution in [1.82, 2.24) is 24.6 Å². The van der Waals surface area contributed by atoms with Gasteiger partial charge in [0.05, 0.1) is 11.9 Å². The number of hydrogen-bond acceptors (Lipinski definition) is 7. The predicted molar refractivity (Wildman–Crippen MR) is 129 cm³/mol. The van der Waals surface area contributed by atoms with Crippen molar-refractivity contribution in [2.45, 2.75) is 38.5 Å². The Bertz CT molecular complexity index is 1140. The number of carbonyl (C=O) groups excluding carboxylic acids is 1. The fraction of sp³-hybridized carbons (Fsp3) is 0.571. The van der Waals surface area contributed by atoms with Crippen LogP contribution in [0.15, 0.2) is 24.5 Å². The van der Waals surface area contributed by atoms with E-state index in [0.29, 0.717) is 57.3 Å². The van der Waals surface area contributed by atoms with Gasteiger partial charge < -0.3 is 9.80 Å². The average Bonchev–Trinajstić information content (AvgIpc) is 3.23. The van der Waals surface area contributed by atoms with Gasteiger partial charge in [-0.3, -0.25) is 9.62 Å². The van der Waals surface area contributed by atoms with Gasteiger partial charge in [-0.1, -0.05) is 11.6 Å². The second-order valence-electron chi connectivity index (χ2n) is 8.88. The molecule has 10 nitrogen and oxygen atoms in total. The summed E-state index contributed by atoms with van der Waals surface area (Å²) >= 11 is 6.34. The zero-order chi connectivity index (χ0) is 24.5. The van der Waals surface area contributed by atoms with Crippen molar-refractivity contribution < 1.29 is 17.6 Å². The number of piperazine rings is 1. The van der Waals surface area contributed by atoms with Crippen molar-refractivity contribution in [3.8, 4) is 0 Å². The van der Waals surface area contributed by atoms with Crippen LogP contribution < -0.4 is 9.62 Å². The van der Waals surface area contributed by atoms with Crippen LogP contribution in [0.3, 0.4) is 0 Å². The van der Waals surface area contributed by atoms with Crippen LogP contribution in [0, 0.1) is 0 Å². The molecule has 1 N–H and O–H groups in total. The fourth-order valence-corrected chi connectivity index (χ4v) is 5.05. The SMILES string of the molecule is CC1CN(C(=O)n2ccc(NS(C)(=O)=O)n2)CCN1Cc1cnc(Cl)c(N2CCC(F)CC2)c1. The van der Waals surface area contributed by atoms with Crippen molar-refractivity contribution in [3.05, 3.63) is 35.2 Å². The van der Waals surface area contributed by atoms with Gasteiger partial charge in [0.1, 0.15) is 6.17 Å². The van der Waals surface area contributed by atoms with E-state index in [9.17, 15) is 17.6 Å². The number of rotatable bonds is 5. The van der Waals surface area contributed by atoms with Crippen molar-refractivity contribution >= 4 is 39.2 Å². The molecule has 4 rings (SSSR count). The number of sulfonamides is 1. The van der Waals surface area contributed by atoms with E-state index in [1.54, 1.807) is 11.1 Å². The molecule has 13 heteroatoms. The molecule has 2 saturated heterocycles. The van der Waals surface area contributed by atoms with Gasteiger partial charge >= 0.3 is 6.03 Å². The molecule has 34 heavy (non-hydrogen) atoms. The van der Waals surface area contributed by atoms with Crippen LogP contribution in [0.1, 0.15) is 25.3 Å². The Morgan fingerprint density at radius 2 is 2.00 bits per heavy atom. The highest BCUT2D eigenvalue weighted by Crippen LogP contribution is 2.29. The van der Waals surface area contributed by atoms with E-state index in [0.717, 1.165) is 22.2 Å². The minimum Gasteiger partial charge on any atom is -0.369 e. The highest BCUT2D eigenvalue weighted by atomic mass is 35.5. The van der Waals surface area contributed by atoms with Crippen LogP contribution in [0.5, 0.6) is 0 Å². The highest BCUT2D eigenvalue weighted by molar-refractivity contribution is 7.92. The molecule has 0 bridgehead atoms. The predicted octanol–water partition coefficient (Wildman–Crippen LogP) is 2.42. The van der Waals surface area contributed by atoms with Gasteiger partial charge in [-0.25, -0.2) is 22.6 Å². The summed E-state index contributed by atoms with van der Waals surface area (Å²) in [5.41, 5.74) is 1.85. The Balaban J connectivity index is 1.37. The van der Waals surface area contributed by atoms with Crippen LogP contribution in [0.2, 0.25) is 5.15 Å². The third-order valence-corrected chi connectivity index (χ3v) is 7.01. The largest absolute Gasteiger partial charge is 0.369 e. The van der Waals surface area contributed by atoms with Gasteiger partial charge in [0.2, 0.25) is 10.0 Å². The lowest BCUT2D eigenvalue weighted by molar-refractivity contribution is 0.0920. The monoisotopic (exact) mass is 513 g/mol. The molecule has 0 radical (unpaired) electrons. The molecule has 2 aromatic heterocycles. The summed E-state index contributed by atoms with van der Waals surface area (Å²) in [5.74, 6) is 0.101. The van der Waals surface area contributed by atoms with Crippen molar-refractivity contribution in [2.24, 2.45) is 0 Å². The third-order valence-electron chi connectivity index (χ3n) is 6.14. The summed E-state index contributed by atoms with van der Waals surface area (Å²) in [4.78, 5) is 23.3. The molecule has 1 unspecified atom stereocenters. The average molecular weight is 514 g/mol. The van der Waals surface area contributed by atoms with E-state index >= 15 is 0 Å². The second-order valence-corrected chi connectivity index (χ2v) is 11.0. The van der Waals surface area contributed by atoms with E-state index in [1.807, 2.05) is 6.07 Å². The van der Waals surface area contributed by atoms with Crippen LogP contribution in [-0.2, 0) is 16.6 Å². The molecule has 2 aromatic rings. The number of anilines is 2. The maximum atomic E-state index is 13.5. The Morgan fingerprint density at radius 1 is 1.26 bits per heavy atom. The number of pyridine rings is 1. The standard InChI is InChI=1S/C21H29ClFN7O3S/c1-15-13-29(21(31)30-8-5-19(25-30)26-34(2,32)33)10-9-28(15)14-16-11-18(20(22)24-12-16)27-6-3-17(23)4-7-27/h5,8,11-12,15,17H,3-4,6-7,9-10,13-14H2,1-2H3,(H,25,26). The van der Waals surface area contributed by atoms with Gasteiger partial charge in [0.25, 0.3) is 0 Å². The lowest BCUT2D eigenvalue weighted by Crippen LogP contribution is -2.54. The number of hydrogen-bond donors (Lipinski definition) is 1. The summed E-state index contributed by atoms with van der Waals surface area (Å²) in [7, 11) is -3.47. The first-order valence-corrected chi connectivity index (χ1v) is 13.5. The summed E-state index contributed by atoms with van der Waals surface area (Å²) < 4.78 is 39.7. The normalized spacial score (nSPS) is 20.5. The number of nitrogens with one attached hydrogen (secondary N) is 1. The van der Waals surface area contributed by atoms with Gasteiger partial charge in [0, 0.05) is 63.8 Å². The fourth-order valence-electron chi connectivity index (χ4n) is 4.33. The lowest BCUT2D eigenvalue weighted by atomic mass is 10.1. The molecule has 0 saturated carbocycles. The van der Waals surface area contributed by atoms with Gasteiger partial charge in [-0.15, -0.1) is 5.10 Å². The van der Waals surface area contributed by atoms with Crippen molar-refractivity contribution in [2.75, 3.05) is 48.6 Å². The number of carbonyl (C=O) groups is 1. The maximum Gasteiger partial charge on any atom is 0.344 e. The maximum absolute atomic E-state index is 13.5. The van der Waals surface area contributed by atoms with E-state index < -0.39 is 16.2 Å². The Hall–Kier alpha value is -2.44. The third kappa shape index (κ3) is 5.97. The highest BCUT2D eigenvalue weighted by Gasteiger charge is 2.28. The van der Waals surface area contributed by atoms with E-state index in [2.05, 4.69) is 31.5 Å². The van der Waals surface area contributed by atoms with Crippen LogP contribution in [0.4, 0.5) is 20.7 Å². The topological polar surface area (TPSA) is 104 Å². The van der Waals surface area contributed by atoms with Crippen LogP contribution >= 0.6 is 11.6 Å². The minimum absolute atomic E-state index is 0.0864. The summed E-state index contributed by atoms with van der Waals surface area (Å²) in [6.07, 6.45) is 4.47. The van der Waals surface area contributed by atoms with Crippen molar-refractivity contribution in [1.29, 1.82) is 0 Å². The second kappa shape index (κ2) is 10.0. The quantitative estimate of drug-likeness (QED) is 0.612. The zero-order valence-corrected chi connectivity index (χ0v) is 20.8. The van der Waals surface area contributed by atoms with Crippen molar-refractivity contribution in [3.63, 3.8) is 0 Å². The summed E-state index contributed by atoms with van der Waals surface area (Å²) in [6, 6.07) is 3.25. The number of halogens is 2. The molecule has 0 aliphatic carbocycles. The molecule has 1 atom stereocenters. The van der Waals surface area contributed by atoms with Gasteiger partial charge in [0.15, 0.2) is 11.0 Å². The Labute approximate surface area is 203 Å². The number of piperidine rings is 1. The molecule has 2 aliphatic rings. The summed E-state index contributed by atoms with van der Waals surface area (Å²) in [6.45, 7) is 5.63. The first kappa shape index (κ1) is 24.7. The van der Waals surface area contributed by atoms with E-state index in [-0.39, 0.29) is 17.9 Å². The lowest BCUT2D eigenvalue weighted by Gasteiger charge is -2.39. The zero-order valence-electron chi connectivity index (χ0n) is 19.2. The van der Waals surface area contributed by atoms with E-state index in [4.69, 9.17) is 11.6 Å². The molecule has 2 fully saturated rings. The molecular weight excluding hydrogens is 485 g/mol. The molecule has 1 amide bonds. The van der Waals surface area contributed by atoms with Gasteiger partial charge in [-0.2, -0.15) is 4.68 Å². The molecular formula is C21H29ClFN7O3S. The molecule has 186 valence electrons. The van der Waals surface area contributed by atoms with Crippen LogP contribution in [-0.4, -0.2) is 90.2 Å². The van der Waals surface area contributed by atoms with Crippen LogP contribution in [0.25, 0.3) is 0 Å². The number of nitrogens with zero attached hydrogens (tertiary/aromatic N) is 6. The molecule has 0 spiro atoms. The molecule has 4 heterocycles. The Morgan fingerprint density at radius 3 is 2.68 bits per heavy atom. The summed E-state index contributed by atoms with van der Waals surface area (Å²) in [5, 5.41) is 4.45.